The number of nitrogens with zero attached hydrogens (tertiary/aromatic N) is 2. The number of rotatable bonds is 9. The zero-order valence-electron chi connectivity index (χ0n) is 19.9. The van der Waals surface area contributed by atoms with Crippen molar-refractivity contribution in [3.63, 3.8) is 0 Å². The Kier molecular flexibility index (Phi) is 8.39. The molecule has 0 saturated heterocycles. The first kappa shape index (κ1) is 25.6. The molecule has 1 atom stereocenters. The third kappa shape index (κ3) is 7.48. The molecule has 0 aliphatic rings. The highest BCUT2D eigenvalue weighted by Gasteiger charge is 2.29. The molecule has 0 unspecified atom stereocenters. The minimum atomic E-state index is -0.743. The Morgan fingerprint density at radius 2 is 1.79 bits per heavy atom. The fourth-order valence-corrected chi connectivity index (χ4v) is 3.07. The summed E-state index contributed by atoms with van der Waals surface area (Å²) in [5, 5.41) is 14.0. The average Bonchev–Trinajstić information content (AvgIpc) is 2.75. The first-order chi connectivity index (χ1) is 15.4. The highest BCUT2D eigenvalue weighted by Crippen LogP contribution is 2.30. The van der Waals surface area contributed by atoms with E-state index < -0.39 is 22.4 Å². The van der Waals surface area contributed by atoms with E-state index in [1.54, 1.807) is 6.92 Å². The molecule has 0 aromatic heterocycles. The Morgan fingerprint density at radius 1 is 1.15 bits per heavy atom. The van der Waals surface area contributed by atoms with Crippen LogP contribution < -0.4 is 14.8 Å². The van der Waals surface area contributed by atoms with E-state index in [1.807, 2.05) is 52.0 Å². The molecule has 2 aromatic carbocycles. The Balaban J connectivity index is 2.21. The highest BCUT2D eigenvalue weighted by molar-refractivity contribution is 5.88. The van der Waals surface area contributed by atoms with Crippen molar-refractivity contribution in [2.24, 2.45) is 0 Å². The Hall–Kier alpha value is -3.62. The molecule has 2 rings (SSSR count). The van der Waals surface area contributed by atoms with Crippen LogP contribution in [0.3, 0.4) is 0 Å². The molecule has 0 spiro atoms. The van der Waals surface area contributed by atoms with Crippen molar-refractivity contribution in [2.45, 2.75) is 52.7 Å². The van der Waals surface area contributed by atoms with Gasteiger partial charge in [0.2, 0.25) is 11.7 Å². The maximum atomic E-state index is 13.1. The number of ether oxygens (including phenoxy) is 2. The zero-order valence-corrected chi connectivity index (χ0v) is 19.9. The number of amides is 2. The smallest absolute Gasteiger partial charge is 0.311 e. The Bertz CT molecular complexity index is 998. The molecule has 0 aliphatic carbocycles. The number of nitro benzene ring substituents is 1. The van der Waals surface area contributed by atoms with Crippen molar-refractivity contribution >= 4 is 17.5 Å². The summed E-state index contributed by atoms with van der Waals surface area (Å²) >= 11 is 0. The summed E-state index contributed by atoms with van der Waals surface area (Å²) in [5.74, 6) is -0.406. The van der Waals surface area contributed by atoms with Crippen LogP contribution in [0.25, 0.3) is 0 Å². The van der Waals surface area contributed by atoms with E-state index in [4.69, 9.17) is 9.47 Å². The third-order valence-corrected chi connectivity index (χ3v) is 4.85. The molecule has 0 heterocycles. The molecule has 0 fully saturated rings. The van der Waals surface area contributed by atoms with Crippen molar-refractivity contribution in [1.29, 1.82) is 0 Å². The number of methoxy groups -OCH3 is 1. The van der Waals surface area contributed by atoms with Gasteiger partial charge in [-0.1, -0.05) is 29.8 Å². The van der Waals surface area contributed by atoms with Gasteiger partial charge < -0.3 is 19.7 Å². The summed E-state index contributed by atoms with van der Waals surface area (Å²) in [7, 11) is 1.32. The summed E-state index contributed by atoms with van der Waals surface area (Å²) < 4.78 is 10.6. The summed E-state index contributed by atoms with van der Waals surface area (Å²) in [6, 6.07) is 11.0. The van der Waals surface area contributed by atoms with Crippen LogP contribution in [0.2, 0.25) is 0 Å². The minimum Gasteiger partial charge on any atom is -0.490 e. The van der Waals surface area contributed by atoms with E-state index in [0.29, 0.717) is 0 Å². The van der Waals surface area contributed by atoms with Crippen LogP contribution in [0.15, 0.2) is 42.5 Å². The minimum absolute atomic E-state index is 0.0272. The molecule has 0 aliphatic heterocycles. The van der Waals surface area contributed by atoms with E-state index in [-0.39, 0.29) is 36.2 Å². The van der Waals surface area contributed by atoms with E-state index in [0.717, 1.165) is 11.1 Å². The highest BCUT2D eigenvalue weighted by atomic mass is 16.6. The van der Waals surface area contributed by atoms with Gasteiger partial charge in [-0.2, -0.15) is 0 Å². The number of hydrogen-bond acceptors (Lipinski definition) is 6. The Labute approximate surface area is 193 Å². The Morgan fingerprint density at radius 3 is 2.33 bits per heavy atom. The summed E-state index contributed by atoms with van der Waals surface area (Å²) in [5.41, 5.74) is 1.31. The maximum Gasteiger partial charge on any atom is 0.311 e. The zero-order chi connectivity index (χ0) is 24.8. The van der Waals surface area contributed by atoms with Gasteiger partial charge in [0.1, 0.15) is 11.8 Å². The largest absolute Gasteiger partial charge is 0.490 e. The third-order valence-electron chi connectivity index (χ3n) is 4.85. The van der Waals surface area contributed by atoms with Crippen LogP contribution in [0.1, 0.15) is 38.8 Å². The molecule has 2 amide bonds. The average molecular weight is 458 g/mol. The fourth-order valence-electron chi connectivity index (χ4n) is 3.07. The monoisotopic (exact) mass is 457 g/mol. The van der Waals surface area contributed by atoms with Crippen LogP contribution in [-0.2, 0) is 16.1 Å². The summed E-state index contributed by atoms with van der Waals surface area (Å²) in [6.45, 7) is 9.13. The molecule has 0 saturated carbocycles. The van der Waals surface area contributed by atoms with Crippen LogP contribution in [0.5, 0.6) is 11.5 Å². The number of carbonyl (C=O) groups is 2. The summed E-state index contributed by atoms with van der Waals surface area (Å²) in [4.78, 5) is 37.8. The van der Waals surface area contributed by atoms with Crippen molar-refractivity contribution in [2.75, 3.05) is 13.7 Å². The molecule has 0 bridgehead atoms. The number of carbonyl (C=O) groups excluding carboxylic acids is 2. The van der Waals surface area contributed by atoms with Crippen molar-refractivity contribution in [1.82, 2.24) is 10.2 Å². The van der Waals surface area contributed by atoms with Crippen LogP contribution >= 0.6 is 0 Å². The summed E-state index contributed by atoms with van der Waals surface area (Å²) in [6.07, 6.45) is 0. The lowest BCUT2D eigenvalue weighted by Crippen LogP contribution is -2.53. The number of aryl methyl sites for hydroxylation is 1. The second-order valence-corrected chi connectivity index (χ2v) is 8.80. The van der Waals surface area contributed by atoms with Gasteiger partial charge in [0.15, 0.2) is 6.61 Å². The van der Waals surface area contributed by atoms with Gasteiger partial charge in [0.25, 0.3) is 5.91 Å². The SMILES string of the molecule is COc1cc(OCC(=O)N(Cc2ccc(C)cc2)[C@H](C)C(=O)NC(C)(C)C)ccc1[N+](=O)[O-]. The van der Waals surface area contributed by atoms with Gasteiger partial charge in [-0.25, -0.2) is 0 Å². The van der Waals surface area contributed by atoms with Gasteiger partial charge in [-0.15, -0.1) is 0 Å². The van der Waals surface area contributed by atoms with Crippen molar-refractivity contribution < 1.29 is 24.0 Å². The predicted molar refractivity (Wildman–Crippen MR) is 124 cm³/mol. The molecule has 33 heavy (non-hydrogen) atoms. The quantitative estimate of drug-likeness (QED) is 0.455. The molecule has 1 N–H and O–H groups in total. The van der Waals surface area contributed by atoms with Crippen LogP contribution in [0, 0.1) is 17.0 Å². The van der Waals surface area contributed by atoms with Crippen molar-refractivity contribution in [3.8, 4) is 11.5 Å². The number of nitrogens with one attached hydrogen (secondary N) is 1. The first-order valence-corrected chi connectivity index (χ1v) is 10.5. The fraction of sp³-hybridized carbons (Fsp3) is 0.417. The van der Waals surface area contributed by atoms with Gasteiger partial charge in [0.05, 0.1) is 12.0 Å². The van der Waals surface area contributed by atoms with Crippen LogP contribution in [0.4, 0.5) is 5.69 Å². The van der Waals surface area contributed by atoms with E-state index in [1.165, 1.54) is 30.2 Å². The van der Waals surface area contributed by atoms with Gasteiger partial charge in [-0.3, -0.25) is 19.7 Å². The maximum absolute atomic E-state index is 13.1. The van der Waals surface area contributed by atoms with Crippen molar-refractivity contribution in [3.05, 3.63) is 63.7 Å². The van der Waals surface area contributed by atoms with E-state index in [2.05, 4.69) is 5.32 Å². The topological polar surface area (TPSA) is 111 Å². The van der Waals surface area contributed by atoms with Crippen LogP contribution in [-0.4, -0.2) is 46.9 Å². The lowest BCUT2D eigenvalue weighted by Gasteiger charge is -2.31. The lowest BCUT2D eigenvalue weighted by atomic mass is 10.1. The number of benzene rings is 2. The van der Waals surface area contributed by atoms with E-state index >= 15 is 0 Å². The van der Waals surface area contributed by atoms with Gasteiger partial charge in [-0.05, 0) is 46.2 Å². The normalized spacial score (nSPS) is 11.9. The second-order valence-electron chi connectivity index (χ2n) is 8.80. The second kappa shape index (κ2) is 10.8. The standard InChI is InChI=1S/C24H31N3O6/c1-16-7-9-18(10-8-16)14-26(17(2)23(29)25-24(3,4)5)22(28)15-33-19-11-12-20(27(30)31)21(13-19)32-6/h7-13,17H,14-15H2,1-6H3,(H,25,29)/t17-/m1/s1. The molecular weight excluding hydrogens is 426 g/mol. The molecule has 2 aromatic rings. The molecule has 9 nitrogen and oxygen atoms in total. The lowest BCUT2D eigenvalue weighted by molar-refractivity contribution is -0.385. The first-order valence-electron chi connectivity index (χ1n) is 10.5. The van der Waals surface area contributed by atoms with Gasteiger partial charge >= 0.3 is 5.69 Å². The van der Waals surface area contributed by atoms with Gasteiger partial charge in [0, 0.05) is 24.2 Å². The molecular formula is C24H31N3O6. The van der Waals surface area contributed by atoms with E-state index in [9.17, 15) is 19.7 Å². The predicted octanol–water partition coefficient (Wildman–Crippen LogP) is 3.62. The number of hydrogen-bond donors (Lipinski definition) is 1. The number of nitro groups is 1. The molecule has 0 radical (unpaired) electrons. The molecule has 9 heteroatoms. The molecule has 178 valence electrons.